The van der Waals surface area contributed by atoms with Gasteiger partial charge in [0.15, 0.2) is 0 Å². The van der Waals surface area contributed by atoms with Gasteiger partial charge < -0.3 is 5.32 Å². The molecule has 0 spiro atoms. The maximum absolute atomic E-state index is 4.13. The maximum Gasteiger partial charge on any atom is 0.0518 e. The molecule has 14 heavy (non-hydrogen) atoms. The summed E-state index contributed by atoms with van der Waals surface area (Å²) in [6, 6.07) is 2.66. The van der Waals surface area contributed by atoms with E-state index in [4.69, 9.17) is 0 Å². The first-order valence-electron chi connectivity index (χ1n) is 5.44. The van der Waals surface area contributed by atoms with Gasteiger partial charge in [0.05, 0.1) is 5.69 Å². The van der Waals surface area contributed by atoms with E-state index in [0.29, 0.717) is 6.04 Å². The van der Waals surface area contributed by atoms with Crippen LogP contribution in [0.3, 0.4) is 0 Å². The van der Waals surface area contributed by atoms with Gasteiger partial charge in [0.2, 0.25) is 0 Å². The van der Waals surface area contributed by atoms with Crippen molar-refractivity contribution in [1.29, 1.82) is 0 Å². The van der Waals surface area contributed by atoms with Crippen LogP contribution >= 0.6 is 0 Å². The second kappa shape index (κ2) is 5.81. The highest BCUT2D eigenvalue weighted by Crippen LogP contribution is 2.01. The van der Waals surface area contributed by atoms with Gasteiger partial charge in [0.25, 0.3) is 0 Å². The minimum absolute atomic E-state index is 0.602. The second-order valence-electron chi connectivity index (χ2n) is 3.87. The molecule has 0 aromatic carbocycles. The Morgan fingerprint density at radius 2 is 2.36 bits per heavy atom. The van der Waals surface area contributed by atoms with Crippen molar-refractivity contribution < 1.29 is 0 Å². The van der Waals surface area contributed by atoms with Crippen LogP contribution in [-0.2, 0) is 13.6 Å². The Kier molecular flexibility index (Phi) is 4.66. The molecule has 1 N–H and O–H groups in total. The summed E-state index contributed by atoms with van der Waals surface area (Å²) in [6.07, 6.45) is 5.68. The van der Waals surface area contributed by atoms with E-state index >= 15 is 0 Å². The van der Waals surface area contributed by atoms with Crippen LogP contribution in [0.15, 0.2) is 12.3 Å². The first-order chi connectivity index (χ1) is 6.74. The third-order valence-electron chi connectivity index (χ3n) is 2.54. The standard InChI is InChI=1S/C11H21N3/c1-4-5-6-10(2)12-9-11-7-8-13-14(11)3/h7-8,10,12H,4-6,9H2,1-3H3. The molecule has 0 radical (unpaired) electrons. The molecule has 1 atom stereocenters. The van der Waals surface area contributed by atoms with E-state index in [1.165, 1.54) is 25.0 Å². The summed E-state index contributed by atoms with van der Waals surface area (Å²) >= 11 is 0. The van der Waals surface area contributed by atoms with Crippen LogP contribution in [0.25, 0.3) is 0 Å². The molecule has 1 unspecified atom stereocenters. The fourth-order valence-electron chi connectivity index (χ4n) is 1.47. The molecule has 3 nitrogen and oxygen atoms in total. The van der Waals surface area contributed by atoms with Gasteiger partial charge in [-0.1, -0.05) is 19.8 Å². The quantitative estimate of drug-likeness (QED) is 0.753. The fourth-order valence-corrected chi connectivity index (χ4v) is 1.47. The minimum Gasteiger partial charge on any atom is -0.309 e. The Hall–Kier alpha value is -0.830. The lowest BCUT2D eigenvalue weighted by atomic mass is 10.1. The Bertz CT molecular complexity index is 255. The lowest BCUT2D eigenvalue weighted by molar-refractivity contribution is 0.483. The van der Waals surface area contributed by atoms with Crippen molar-refractivity contribution >= 4 is 0 Å². The van der Waals surface area contributed by atoms with E-state index in [2.05, 4.69) is 30.3 Å². The van der Waals surface area contributed by atoms with Crippen LogP contribution in [0.4, 0.5) is 0 Å². The van der Waals surface area contributed by atoms with E-state index < -0.39 is 0 Å². The zero-order chi connectivity index (χ0) is 10.4. The molecule has 3 heteroatoms. The molecular weight excluding hydrogens is 174 g/mol. The molecule has 0 amide bonds. The number of aromatic nitrogens is 2. The van der Waals surface area contributed by atoms with Gasteiger partial charge in [-0.05, 0) is 19.4 Å². The Labute approximate surface area is 86.5 Å². The molecule has 1 aromatic rings. The summed E-state index contributed by atoms with van der Waals surface area (Å²) < 4.78 is 1.92. The monoisotopic (exact) mass is 195 g/mol. The van der Waals surface area contributed by atoms with Crippen LogP contribution in [0, 0.1) is 0 Å². The van der Waals surface area contributed by atoms with Gasteiger partial charge in [0.1, 0.15) is 0 Å². The van der Waals surface area contributed by atoms with Crippen LogP contribution in [-0.4, -0.2) is 15.8 Å². The molecule has 1 aromatic heterocycles. The molecule has 1 rings (SSSR count). The first-order valence-corrected chi connectivity index (χ1v) is 5.44. The maximum atomic E-state index is 4.13. The Morgan fingerprint density at radius 1 is 1.57 bits per heavy atom. The topological polar surface area (TPSA) is 29.9 Å². The van der Waals surface area contributed by atoms with Crippen molar-refractivity contribution in [3.63, 3.8) is 0 Å². The summed E-state index contributed by atoms with van der Waals surface area (Å²) in [7, 11) is 1.98. The van der Waals surface area contributed by atoms with E-state index in [1.807, 2.05) is 17.9 Å². The average Bonchev–Trinajstić information content (AvgIpc) is 2.58. The van der Waals surface area contributed by atoms with E-state index in [-0.39, 0.29) is 0 Å². The number of unbranched alkanes of at least 4 members (excludes halogenated alkanes) is 1. The van der Waals surface area contributed by atoms with Crippen molar-refractivity contribution in [3.05, 3.63) is 18.0 Å². The van der Waals surface area contributed by atoms with Crippen molar-refractivity contribution in [2.24, 2.45) is 7.05 Å². The van der Waals surface area contributed by atoms with Crippen molar-refractivity contribution in [2.45, 2.75) is 45.7 Å². The van der Waals surface area contributed by atoms with E-state index in [9.17, 15) is 0 Å². The zero-order valence-corrected chi connectivity index (χ0v) is 9.45. The average molecular weight is 195 g/mol. The predicted molar refractivity (Wildman–Crippen MR) is 59.0 cm³/mol. The van der Waals surface area contributed by atoms with Gasteiger partial charge in [0, 0.05) is 25.8 Å². The molecule has 0 aliphatic heterocycles. The minimum atomic E-state index is 0.602. The molecule has 80 valence electrons. The third-order valence-corrected chi connectivity index (χ3v) is 2.54. The smallest absolute Gasteiger partial charge is 0.0518 e. The van der Waals surface area contributed by atoms with E-state index in [0.717, 1.165) is 6.54 Å². The first kappa shape index (κ1) is 11.2. The van der Waals surface area contributed by atoms with Crippen molar-refractivity contribution in [2.75, 3.05) is 0 Å². The number of hydrogen-bond donors (Lipinski definition) is 1. The largest absolute Gasteiger partial charge is 0.309 e. The van der Waals surface area contributed by atoms with E-state index in [1.54, 1.807) is 0 Å². The molecule has 0 fully saturated rings. The summed E-state index contributed by atoms with van der Waals surface area (Å²) in [4.78, 5) is 0. The number of nitrogens with zero attached hydrogens (tertiary/aromatic N) is 2. The summed E-state index contributed by atoms with van der Waals surface area (Å²) in [5.74, 6) is 0. The molecule has 0 bridgehead atoms. The predicted octanol–water partition coefficient (Wildman–Crippen LogP) is 2.09. The number of aryl methyl sites for hydroxylation is 1. The molecule has 0 saturated heterocycles. The highest BCUT2D eigenvalue weighted by atomic mass is 15.3. The highest BCUT2D eigenvalue weighted by molar-refractivity contribution is 4.99. The molecule has 1 heterocycles. The molecule has 0 saturated carbocycles. The second-order valence-corrected chi connectivity index (χ2v) is 3.87. The van der Waals surface area contributed by atoms with Gasteiger partial charge in [-0.2, -0.15) is 5.10 Å². The van der Waals surface area contributed by atoms with Gasteiger partial charge in [-0.3, -0.25) is 4.68 Å². The lowest BCUT2D eigenvalue weighted by Crippen LogP contribution is -2.26. The fraction of sp³-hybridized carbons (Fsp3) is 0.727. The summed E-state index contributed by atoms with van der Waals surface area (Å²) in [5.41, 5.74) is 1.24. The zero-order valence-electron chi connectivity index (χ0n) is 9.45. The van der Waals surface area contributed by atoms with Gasteiger partial charge in [-0.15, -0.1) is 0 Å². The number of nitrogens with one attached hydrogen (secondary N) is 1. The number of rotatable bonds is 6. The lowest BCUT2D eigenvalue weighted by Gasteiger charge is -2.12. The Morgan fingerprint density at radius 3 is 2.93 bits per heavy atom. The number of hydrogen-bond acceptors (Lipinski definition) is 2. The summed E-state index contributed by atoms with van der Waals surface area (Å²) in [6.45, 7) is 5.39. The molecule has 0 aliphatic carbocycles. The Balaban J connectivity index is 2.23. The normalized spacial score (nSPS) is 13.1. The van der Waals surface area contributed by atoms with Crippen LogP contribution in [0.5, 0.6) is 0 Å². The summed E-state index contributed by atoms with van der Waals surface area (Å²) in [5, 5.41) is 7.63. The van der Waals surface area contributed by atoms with Gasteiger partial charge >= 0.3 is 0 Å². The molecular formula is C11H21N3. The van der Waals surface area contributed by atoms with Crippen LogP contribution in [0.2, 0.25) is 0 Å². The van der Waals surface area contributed by atoms with Crippen LogP contribution in [0.1, 0.15) is 38.8 Å². The third kappa shape index (κ3) is 3.50. The SMILES string of the molecule is CCCCC(C)NCc1ccnn1C. The highest BCUT2D eigenvalue weighted by Gasteiger charge is 2.02. The van der Waals surface area contributed by atoms with Crippen molar-refractivity contribution in [3.8, 4) is 0 Å². The van der Waals surface area contributed by atoms with Crippen molar-refractivity contribution in [1.82, 2.24) is 15.1 Å². The van der Waals surface area contributed by atoms with Crippen LogP contribution < -0.4 is 5.32 Å². The van der Waals surface area contributed by atoms with Gasteiger partial charge in [-0.25, -0.2) is 0 Å². The molecule has 0 aliphatic rings.